The monoisotopic (exact) mass is 250 g/mol. The van der Waals surface area contributed by atoms with E-state index < -0.39 is 0 Å². The Labute approximate surface area is 109 Å². The maximum Gasteiger partial charge on any atom is 0.183 e. The summed E-state index contributed by atoms with van der Waals surface area (Å²) in [6.45, 7) is 3.00. The summed E-state index contributed by atoms with van der Waals surface area (Å²) >= 11 is 0. The number of ether oxygens (including phenoxy) is 2. The minimum atomic E-state index is 0.246. The van der Waals surface area contributed by atoms with Crippen molar-refractivity contribution in [3.63, 3.8) is 0 Å². The van der Waals surface area contributed by atoms with E-state index in [4.69, 9.17) is 9.47 Å². The van der Waals surface area contributed by atoms with Crippen molar-refractivity contribution in [2.45, 2.75) is 44.7 Å². The van der Waals surface area contributed by atoms with Crippen molar-refractivity contribution < 1.29 is 9.47 Å². The molecular weight excluding hydrogens is 228 g/mol. The average molecular weight is 250 g/mol. The number of hydrogen-bond acceptors (Lipinski definition) is 4. The first-order valence-electron chi connectivity index (χ1n) is 6.49. The van der Waals surface area contributed by atoms with Gasteiger partial charge in [0.05, 0.1) is 19.9 Å². The van der Waals surface area contributed by atoms with E-state index >= 15 is 0 Å². The van der Waals surface area contributed by atoms with Gasteiger partial charge in [-0.05, 0) is 19.8 Å². The van der Waals surface area contributed by atoms with Crippen molar-refractivity contribution in [1.82, 2.24) is 10.3 Å². The van der Waals surface area contributed by atoms with Gasteiger partial charge in [0.25, 0.3) is 0 Å². The lowest BCUT2D eigenvalue weighted by molar-refractivity contribution is 0.334. The summed E-state index contributed by atoms with van der Waals surface area (Å²) < 4.78 is 10.7. The molecule has 4 heteroatoms. The molecule has 0 atom stereocenters. The van der Waals surface area contributed by atoms with Gasteiger partial charge in [0.15, 0.2) is 11.5 Å². The lowest BCUT2D eigenvalue weighted by Crippen LogP contribution is -2.39. The van der Waals surface area contributed by atoms with Gasteiger partial charge in [-0.15, -0.1) is 0 Å². The molecule has 1 aromatic heterocycles. The molecule has 0 spiro atoms. The lowest BCUT2D eigenvalue weighted by atomic mass is 10.0. The second-order valence-electron chi connectivity index (χ2n) is 5.11. The molecule has 1 N–H and O–H groups in total. The van der Waals surface area contributed by atoms with Crippen LogP contribution in [0.25, 0.3) is 0 Å². The zero-order valence-corrected chi connectivity index (χ0v) is 11.5. The molecule has 1 heterocycles. The number of nitrogens with zero attached hydrogens (tertiary/aromatic N) is 1. The summed E-state index contributed by atoms with van der Waals surface area (Å²) in [7, 11) is 3.30. The molecule has 0 amide bonds. The first-order valence-corrected chi connectivity index (χ1v) is 6.49. The van der Waals surface area contributed by atoms with Crippen LogP contribution in [0.5, 0.6) is 11.5 Å². The summed E-state index contributed by atoms with van der Waals surface area (Å²) in [5.41, 5.74) is 1.15. The van der Waals surface area contributed by atoms with Crippen LogP contribution in [0.1, 0.15) is 38.3 Å². The van der Waals surface area contributed by atoms with Crippen molar-refractivity contribution >= 4 is 0 Å². The highest BCUT2D eigenvalue weighted by atomic mass is 16.5. The third-order valence-corrected chi connectivity index (χ3v) is 3.76. The summed E-state index contributed by atoms with van der Waals surface area (Å²) in [6, 6.07) is 1.82. The van der Waals surface area contributed by atoms with E-state index in [1.165, 1.54) is 25.7 Å². The smallest absolute Gasteiger partial charge is 0.183 e. The zero-order chi connectivity index (χ0) is 13.0. The van der Waals surface area contributed by atoms with Crippen molar-refractivity contribution in [2.75, 3.05) is 14.2 Å². The normalized spacial score (nSPS) is 17.7. The van der Waals surface area contributed by atoms with E-state index in [9.17, 15) is 0 Å². The average Bonchev–Trinajstić information content (AvgIpc) is 2.83. The number of rotatable bonds is 5. The van der Waals surface area contributed by atoms with Gasteiger partial charge >= 0.3 is 0 Å². The van der Waals surface area contributed by atoms with Crippen molar-refractivity contribution in [3.05, 3.63) is 18.0 Å². The molecule has 1 aliphatic carbocycles. The van der Waals surface area contributed by atoms with Crippen LogP contribution in [-0.4, -0.2) is 24.7 Å². The largest absolute Gasteiger partial charge is 0.493 e. The Hall–Kier alpha value is -1.29. The van der Waals surface area contributed by atoms with E-state index in [0.717, 1.165) is 23.7 Å². The fourth-order valence-corrected chi connectivity index (χ4v) is 2.61. The van der Waals surface area contributed by atoms with Crippen LogP contribution >= 0.6 is 0 Å². The number of methoxy groups -OCH3 is 2. The topological polar surface area (TPSA) is 43.4 Å². The van der Waals surface area contributed by atoms with Gasteiger partial charge in [-0.25, -0.2) is 0 Å². The van der Waals surface area contributed by atoms with Crippen LogP contribution in [0.15, 0.2) is 12.3 Å². The Kier molecular flexibility index (Phi) is 4.07. The molecule has 0 radical (unpaired) electrons. The van der Waals surface area contributed by atoms with Crippen LogP contribution in [0.3, 0.4) is 0 Å². The molecule has 1 aromatic rings. The van der Waals surface area contributed by atoms with Crippen LogP contribution in [-0.2, 0) is 6.54 Å². The summed E-state index contributed by atoms with van der Waals surface area (Å²) in [5.74, 6) is 1.47. The van der Waals surface area contributed by atoms with Crippen LogP contribution < -0.4 is 14.8 Å². The predicted molar refractivity (Wildman–Crippen MR) is 71.1 cm³/mol. The minimum absolute atomic E-state index is 0.246. The standard InChI is InChI=1S/C14H22N2O2/c1-14(7-4-5-8-14)16-10-11-13(18-3)12(17-2)6-9-15-11/h6,9,16H,4-5,7-8,10H2,1-3H3. The summed E-state index contributed by atoms with van der Waals surface area (Å²) in [4.78, 5) is 4.38. The number of aromatic nitrogens is 1. The minimum Gasteiger partial charge on any atom is -0.493 e. The van der Waals surface area contributed by atoms with Gasteiger partial charge in [0.2, 0.25) is 0 Å². The quantitative estimate of drug-likeness (QED) is 0.872. The molecule has 0 saturated heterocycles. The third-order valence-electron chi connectivity index (χ3n) is 3.76. The first kappa shape index (κ1) is 13.1. The molecule has 2 rings (SSSR count). The first-order chi connectivity index (χ1) is 8.68. The number of pyridine rings is 1. The highest BCUT2D eigenvalue weighted by Crippen LogP contribution is 2.32. The Bertz CT molecular complexity index is 401. The van der Waals surface area contributed by atoms with E-state index in [1.54, 1.807) is 20.4 Å². The van der Waals surface area contributed by atoms with Crippen LogP contribution in [0.2, 0.25) is 0 Å². The maximum atomic E-state index is 5.39. The van der Waals surface area contributed by atoms with E-state index in [0.29, 0.717) is 0 Å². The molecular formula is C14H22N2O2. The molecule has 1 aliphatic rings. The molecule has 1 fully saturated rings. The van der Waals surface area contributed by atoms with Gasteiger partial charge in [0.1, 0.15) is 0 Å². The van der Waals surface area contributed by atoms with E-state index in [-0.39, 0.29) is 5.54 Å². The van der Waals surface area contributed by atoms with E-state index in [2.05, 4.69) is 17.2 Å². The van der Waals surface area contributed by atoms with Gasteiger partial charge in [0, 0.05) is 24.3 Å². The highest BCUT2D eigenvalue weighted by Gasteiger charge is 2.28. The SMILES string of the molecule is COc1ccnc(CNC2(C)CCCC2)c1OC. The Balaban J connectivity index is 2.09. The molecule has 0 aromatic carbocycles. The highest BCUT2D eigenvalue weighted by molar-refractivity contribution is 5.42. The molecule has 0 bridgehead atoms. The van der Waals surface area contributed by atoms with Crippen molar-refractivity contribution in [2.24, 2.45) is 0 Å². The summed E-state index contributed by atoms with van der Waals surface area (Å²) in [6.07, 6.45) is 6.85. The number of nitrogens with one attached hydrogen (secondary N) is 1. The maximum absolute atomic E-state index is 5.39. The van der Waals surface area contributed by atoms with Gasteiger partial charge in [-0.1, -0.05) is 12.8 Å². The van der Waals surface area contributed by atoms with Crippen molar-refractivity contribution in [3.8, 4) is 11.5 Å². The number of hydrogen-bond donors (Lipinski definition) is 1. The lowest BCUT2D eigenvalue weighted by Gasteiger charge is -2.25. The Morgan fingerprint density at radius 2 is 2.00 bits per heavy atom. The van der Waals surface area contributed by atoms with Crippen LogP contribution in [0.4, 0.5) is 0 Å². The fraction of sp³-hybridized carbons (Fsp3) is 0.643. The molecule has 100 valence electrons. The third kappa shape index (κ3) is 2.75. The van der Waals surface area contributed by atoms with Gasteiger partial charge in [-0.3, -0.25) is 4.98 Å². The second kappa shape index (κ2) is 5.57. The Morgan fingerprint density at radius 1 is 1.28 bits per heavy atom. The second-order valence-corrected chi connectivity index (χ2v) is 5.11. The summed E-state index contributed by atoms with van der Waals surface area (Å²) in [5, 5.41) is 3.60. The molecule has 0 unspecified atom stereocenters. The zero-order valence-electron chi connectivity index (χ0n) is 11.5. The molecule has 18 heavy (non-hydrogen) atoms. The Morgan fingerprint density at radius 3 is 2.61 bits per heavy atom. The molecule has 0 aliphatic heterocycles. The van der Waals surface area contributed by atoms with Gasteiger partial charge in [-0.2, -0.15) is 0 Å². The van der Waals surface area contributed by atoms with E-state index in [1.807, 2.05) is 6.07 Å². The predicted octanol–water partition coefficient (Wildman–Crippen LogP) is 2.52. The van der Waals surface area contributed by atoms with Crippen molar-refractivity contribution in [1.29, 1.82) is 0 Å². The van der Waals surface area contributed by atoms with Gasteiger partial charge < -0.3 is 14.8 Å². The fourth-order valence-electron chi connectivity index (χ4n) is 2.61. The molecule has 4 nitrogen and oxygen atoms in total. The van der Waals surface area contributed by atoms with Crippen LogP contribution in [0, 0.1) is 0 Å². The molecule has 1 saturated carbocycles.